The molecular weight excluding hydrogens is 315 g/mol. The first-order chi connectivity index (χ1) is 10.3. The standard InChI is InChI=1S/C13H11FN2O5S/c1-21-13-6-5-11(8-12(13)14)22(19,20)15-9-3-2-4-10(7-9)16(17)18/h2-8,15H,1H3. The second kappa shape index (κ2) is 5.98. The fourth-order valence-electron chi connectivity index (χ4n) is 1.71. The van der Waals surface area contributed by atoms with Crippen LogP contribution in [0.25, 0.3) is 0 Å². The highest BCUT2D eigenvalue weighted by molar-refractivity contribution is 7.92. The Morgan fingerprint density at radius 2 is 1.95 bits per heavy atom. The molecule has 0 spiro atoms. The van der Waals surface area contributed by atoms with E-state index in [2.05, 4.69) is 4.72 Å². The van der Waals surface area contributed by atoms with Crippen LogP contribution in [0, 0.1) is 15.9 Å². The molecule has 2 aromatic rings. The Morgan fingerprint density at radius 1 is 1.23 bits per heavy atom. The first kappa shape index (κ1) is 15.7. The minimum Gasteiger partial charge on any atom is -0.494 e. The molecule has 22 heavy (non-hydrogen) atoms. The summed E-state index contributed by atoms with van der Waals surface area (Å²) in [6.45, 7) is 0. The predicted octanol–water partition coefficient (Wildman–Crippen LogP) is 2.54. The van der Waals surface area contributed by atoms with Crippen LogP contribution in [0.4, 0.5) is 15.8 Å². The van der Waals surface area contributed by atoms with Gasteiger partial charge < -0.3 is 4.74 Å². The van der Waals surface area contributed by atoms with E-state index < -0.39 is 20.8 Å². The van der Waals surface area contributed by atoms with Crippen molar-refractivity contribution in [2.45, 2.75) is 4.90 Å². The summed E-state index contributed by atoms with van der Waals surface area (Å²) in [5.74, 6) is -0.918. The van der Waals surface area contributed by atoms with Crippen LogP contribution in [-0.4, -0.2) is 20.5 Å². The maximum Gasteiger partial charge on any atom is 0.271 e. The highest BCUT2D eigenvalue weighted by Crippen LogP contribution is 2.24. The molecule has 0 aliphatic rings. The fourth-order valence-corrected chi connectivity index (χ4v) is 2.77. The van der Waals surface area contributed by atoms with Crippen LogP contribution in [0.15, 0.2) is 47.4 Å². The number of nitro groups is 1. The van der Waals surface area contributed by atoms with Gasteiger partial charge in [-0.3, -0.25) is 14.8 Å². The van der Waals surface area contributed by atoms with Gasteiger partial charge in [0.05, 0.1) is 22.6 Å². The number of rotatable bonds is 5. The summed E-state index contributed by atoms with van der Waals surface area (Å²) in [7, 11) is -2.81. The van der Waals surface area contributed by atoms with Gasteiger partial charge in [0.15, 0.2) is 11.6 Å². The van der Waals surface area contributed by atoms with Crippen LogP contribution in [0.3, 0.4) is 0 Å². The van der Waals surface area contributed by atoms with Crippen molar-refractivity contribution in [1.82, 2.24) is 0 Å². The molecule has 2 aromatic carbocycles. The van der Waals surface area contributed by atoms with E-state index in [-0.39, 0.29) is 22.0 Å². The molecule has 7 nitrogen and oxygen atoms in total. The van der Waals surface area contributed by atoms with Gasteiger partial charge in [0.25, 0.3) is 15.7 Å². The summed E-state index contributed by atoms with van der Waals surface area (Å²) in [6.07, 6.45) is 0. The van der Waals surface area contributed by atoms with Crippen LogP contribution in [0.5, 0.6) is 5.75 Å². The zero-order valence-electron chi connectivity index (χ0n) is 11.3. The smallest absolute Gasteiger partial charge is 0.271 e. The number of hydrogen-bond acceptors (Lipinski definition) is 5. The van der Waals surface area contributed by atoms with Crippen LogP contribution >= 0.6 is 0 Å². The number of halogens is 1. The molecule has 0 fully saturated rings. The van der Waals surface area contributed by atoms with Crippen LogP contribution < -0.4 is 9.46 Å². The van der Waals surface area contributed by atoms with Crippen molar-refractivity contribution >= 4 is 21.4 Å². The van der Waals surface area contributed by atoms with E-state index >= 15 is 0 Å². The number of nitro benzene ring substituents is 1. The zero-order valence-corrected chi connectivity index (χ0v) is 12.1. The quantitative estimate of drug-likeness (QED) is 0.672. The van der Waals surface area contributed by atoms with E-state index in [0.29, 0.717) is 0 Å². The van der Waals surface area contributed by atoms with Crippen molar-refractivity contribution in [2.75, 3.05) is 11.8 Å². The summed E-state index contributed by atoms with van der Waals surface area (Å²) in [5, 5.41) is 10.7. The molecule has 0 radical (unpaired) electrons. The summed E-state index contributed by atoms with van der Waals surface area (Å²) >= 11 is 0. The molecule has 9 heteroatoms. The number of methoxy groups -OCH3 is 1. The van der Waals surface area contributed by atoms with Gasteiger partial charge in [-0.05, 0) is 24.3 Å². The summed E-state index contributed by atoms with van der Waals surface area (Å²) in [5.41, 5.74) is -0.258. The van der Waals surface area contributed by atoms with Crippen LogP contribution in [0.2, 0.25) is 0 Å². The Kier molecular flexibility index (Phi) is 4.27. The molecule has 116 valence electrons. The number of ether oxygens (including phenoxy) is 1. The molecule has 0 amide bonds. The largest absolute Gasteiger partial charge is 0.494 e. The molecule has 0 saturated heterocycles. The molecule has 0 aliphatic heterocycles. The minimum absolute atomic E-state index is 0.00502. The van der Waals surface area contributed by atoms with E-state index in [1.54, 1.807) is 0 Å². The van der Waals surface area contributed by atoms with Gasteiger partial charge in [0.2, 0.25) is 0 Å². The van der Waals surface area contributed by atoms with E-state index in [4.69, 9.17) is 4.74 Å². The monoisotopic (exact) mass is 326 g/mol. The lowest BCUT2D eigenvalue weighted by molar-refractivity contribution is -0.384. The van der Waals surface area contributed by atoms with E-state index in [1.807, 2.05) is 0 Å². The number of benzene rings is 2. The highest BCUT2D eigenvalue weighted by atomic mass is 32.2. The Morgan fingerprint density at radius 3 is 2.55 bits per heavy atom. The summed E-state index contributed by atoms with van der Waals surface area (Å²) < 4.78 is 44.7. The van der Waals surface area contributed by atoms with Gasteiger partial charge in [0.1, 0.15) is 0 Å². The molecule has 1 N–H and O–H groups in total. The number of non-ortho nitro benzene ring substituents is 1. The Hall–Kier alpha value is -2.68. The predicted molar refractivity (Wildman–Crippen MR) is 76.9 cm³/mol. The Bertz CT molecular complexity index is 823. The van der Waals surface area contributed by atoms with Crippen LogP contribution in [-0.2, 0) is 10.0 Å². The number of hydrogen-bond donors (Lipinski definition) is 1. The number of anilines is 1. The van der Waals surface area contributed by atoms with Crippen molar-refractivity contribution in [2.24, 2.45) is 0 Å². The molecule has 0 heterocycles. The van der Waals surface area contributed by atoms with Gasteiger partial charge in [-0.15, -0.1) is 0 Å². The summed E-state index contributed by atoms with van der Waals surface area (Å²) in [6, 6.07) is 8.13. The third kappa shape index (κ3) is 3.31. The highest BCUT2D eigenvalue weighted by Gasteiger charge is 2.18. The van der Waals surface area contributed by atoms with Crippen LogP contribution in [0.1, 0.15) is 0 Å². The Labute approximate surface area is 125 Å². The average molecular weight is 326 g/mol. The maximum absolute atomic E-state index is 13.6. The SMILES string of the molecule is COc1ccc(S(=O)(=O)Nc2cccc([N+](=O)[O-])c2)cc1F. The van der Waals surface area contributed by atoms with Crippen molar-refractivity contribution in [3.05, 3.63) is 58.4 Å². The summed E-state index contributed by atoms with van der Waals surface area (Å²) in [4.78, 5) is 9.70. The normalized spacial score (nSPS) is 11.0. The average Bonchev–Trinajstić information content (AvgIpc) is 2.47. The third-order valence-corrected chi connectivity index (χ3v) is 4.12. The molecule has 0 aromatic heterocycles. The van der Waals surface area contributed by atoms with Gasteiger partial charge in [-0.1, -0.05) is 6.07 Å². The van der Waals surface area contributed by atoms with Gasteiger partial charge >= 0.3 is 0 Å². The Balaban J connectivity index is 2.33. The lowest BCUT2D eigenvalue weighted by Gasteiger charge is -2.09. The van der Waals surface area contributed by atoms with E-state index in [1.165, 1.54) is 37.4 Å². The van der Waals surface area contributed by atoms with Gasteiger partial charge in [-0.25, -0.2) is 12.8 Å². The lowest BCUT2D eigenvalue weighted by atomic mass is 10.3. The fraction of sp³-hybridized carbons (Fsp3) is 0.0769. The van der Waals surface area contributed by atoms with Gasteiger partial charge in [-0.2, -0.15) is 0 Å². The lowest BCUT2D eigenvalue weighted by Crippen LogP contribution is -2.13. The molecule has 0 bridgehead atoms. The van der Waals surface area contributed by atoms with Crippen molar-refractivity contribution < 1.29 is 22.5 Å². The second-order valence-electron chi connectivity index (χ2n) is 4.21. The molecule has 0 atom stereocenters. The van der Waals surface area contributed by atoms with E-state index in [0.717, 1.165) is 12.1 Å². The molecule has 0 saturated carbocycles. The van der Waals surface area contributed by atoms with Crippen molar-refractivity contribution in [1.29, 1.82) is 0 Å². The molecule has 2 rings (SSSR count). The molecule has 0 unspecified atom stereocenters. The maximum atomic E-state index is 13.6. The first-order valence-electron chi connectivity index (χ1n) is 5.94. The molecular formula is C13H11FN2O5S. The number of sulfonamides is 1. The zero-order chi connectivity index (χ0) is 16.3. The molecule has 0 aliphatic carbocycles. The van der Waals surface area contributed by atoms with Crippen molar-refractivity contribution in [3.8, 4) is 5.75 Å². The van der Waals surface area contributed by atoms with Gasteiger partial charge in [0, 0.05) is 12.1 Å². The third-order valence-electron chi connectivity index (χ3n) is 2.74. The van der Waals surface area contributed by atoms with E-state index in [9.17, 15) is 22.9 Å². The number of nitrogens with zero attached hydrogens (tertiary/aromatic N) is 1. The van der Waals surface area contributed by atoms with Crippen molar-refractivity contribution in [3.63, 3.8) is 0 Å². The topological polar surface area (TPSA) is 98.5 Å². The minimum atomic E-state index is -4.07. The second-order valence-corrected chi connectivity index (χ2v) is 5.89. The number of nitrogens with one attached hydrogen (secondary N) is 1. The first-order valence-corrected chi connectivity index (χ1v) is 7.42.